The molecule has 18 heteroatoms. The zero-order chi connectivity index (χ0) is 58.1. The van der Waals surface area contributed by atoms with Crippen LogP contribution in [0.15, 0.2) is 88.9 Å². The second-order valence-electron chi connectivity index (χ2n) is 22.4. The van der Waals surface area contributed by atoms with E-state index in [1.165, 1.54) is 89.9 Å². The van der Waals surface area contributed by atoms with Gasteiger partial charge in [-0.25, -0.2) is 19.2 Å². The minimum atomic E-state index is -0.934. The van der Waals surface area contributed by atoms with Gasteiger partial charge in [-0.1, -0.05) is 138 Å². The van der Waals surface area contributed by atoms with E-state index in [9.17, 15) is 34.0 Å². The first-order valence-corrected chi connectivity index (χ1v) is 32.8. The lowest BCUT2D eigenvalue weighted by Crippen LogP contribution is -2.30. The molecule has 8 rings (SSSR count). The number of thioether (sulfide) groups is 4. The number of fused-ring (bicyclic) bond motifs is 2. The van der Waals surface area contributed by atoms with Crippen molar-refractivity contribution in [1.82, 2.24) is 0 Å². The van der Waals surface area contributed by atoms with Crippen LogP contribution in [0, 0.1) is 65.2 Å². The lowest BCUT2D eigenvalue weighted by molar-refractivity contribution is -0.146. The van der Waals surface area contributed by atoms with Crippen LogP contribution >= 0.6 is 47.0 Å². The molecule has 6 aliphatic rings. The molecule has 0 aromatic heterocycles. The molecule has 14 nitrogen and oxygen atoms in total. The standard InChI is InChI=1S/C64H76N2O12S4/c1-6-10-12-39-14-18-41(19-15-39)43-22-26-45(27-23-43)59(69)77-50-32-30-47(55-57(50)81-63(79-55)49(38-65)61(71)75-36-34-73-52(67)8-3)48-31-33-51(58-56(48)80-64(82-58)54(66-5)62(72)76-37-35-74-53(68)9-4)78-60(70)46-28-24-44(25-29-46)42-20-16-40(17-21-42)13-11-7-2/h8-9,30-33,39-46H,3-4,6-7,10-29,34-37H2,1-2H3. The zero-order valence-electron chi connectivity index (χ0n) is 47.3. The van der Waals surface area contributed by atoms with Gasteiger partial charge in [0.05, 0.1) is 36.7 Å². The van der Waals surface area contributed by atoms with Crippen LogP contribution < -0.4 is 9.47 Å². The quantitative estimate of drug-likeness (QED) is 0.0194. The molecule has 0 radical (unpaired) electrons. The van der Waals surface area contributed by atoms with Gasteiger partial charge < -0.3 is 28.4 Å². The van der Waals surface area contributed by atoms with Crippen molar-refractivity contribution in [2.45, 2.75) is 175 Å². The molecule has 0 N–H and O–H groups in total. The molecule has 4 saturated carbocycles. The van der Waals surface area contributed by atoms with Crippen molar-refractivity contribution in [2.24, 2.45) is 47.3 Å². The molecule has 438 valence electrons. The number of ether oxygens (including phenoxy) is 6. The van der Waals surface area contributed by atoms with Crippen molar-refractivity contribution in [2.75, 3.05) is 26.4 Å². The monoisotopic (exact) mass is 1190 g/mol. The predicted molar refractivity (Wildman–Crippen MR) is 318 cm³/mol. The SMILES string of the molecule is [C-]#[N+]C(C(=O)OCCOC(=O)C=C)=C1Sc2c(OC(=O)C3CCC(C4CCC(CCCC)CC4)CC3)ccc(-c3ccc(OC(=O)C4CCC(C5CCC(CCCC)CC5)CC4)c4c3SC(=C(C#N)C(=O)OCCOC(=O)C=C)S4)c2S1. The van der Waals surface area contributed by atoms with E-state index >= 15 is 0 Å². The van der Waals surface area contributed by atoms with E-state index in [0.717, 1.165) is 122 Å². The molecule has 2 aromatic carbocycles. The normalized spacial score (nSPS) is 25.1. The number of nitriles is 1. The fraction of sp³-hybridized carbons (Fsp3) is 0.562. The van der Waals surface area contributed by atoms with Crippen molar-refractivity contribution in [3.05, 3.63) is 80.7 Å². The topological polar surface area (TPSA) is 186 Å². The summed E-state index contributed by atoms with van der Waals surface area (Å²) in [5.74, 6) is 0.292. The minimum Gasteiger partial charge on any atom is -0.467 e. The summed E-state index contributed by atoms with van der Waals surface area (Å²) in [6, 6.07) is 9.05. The summed E-state index contributed by atoms with van der Waals surface area (Å²) in [4.78, 5) is 84.6. The number of unbranched alkanes of at least 4 members (excludes halogenated alkanes) is 2. The number of hydrogen-bond acceptors (Lipinski definition) is 17. The molecule has 0 amide bonds. The Morgan fingerprint density at radius 1 is 0.549 bits per heavy atom. The Morgan fingerprint density at radius 3 is 1.33 bits per heavy atom. The Kier molecular flexibility index (Phi) is 23.6. The van der Waals surface area contributed by atoms with E-state index in [0.29, 0.717) is 54.4 Å². The number of hydrogen-bond donors (Lipinski definition) is 0. The van der Waals surface area contributed by atoms with Gasteiger partial charge in [-0.2, -0.15) is 5.26 Å². The Morgan fingerprint density at radius 2 is 0.927 bits per heavy atom. The summed E-state index contributed by atoms with van der Waals surface area (Å²) >= 11 is 4.50. The van der Waals surface area contributed by atoms with Gasteiger partial charge in [0.2, 0.25) is 0 Å². The summed E-state index contributed by atoms with van der Waals surface area (Å²) in [6.07, 6.45) is 26.7. The number of nitrogens with zero attached hydrogens (tertiary/aromatic N) is 2. The fourth-order valence-electron chi connectivity index (χ4n) is 12.8. The van der Waals surface area contributed by atoms with Gasteiger partial charge >= 0.3 is 35.8 Å². The van der Waals surface area contributed by atoms with Crippen LogP contribution in [0.25, 0.3) is 16.0 Å². The maximum absolute atomic E-state index is 14.2. The van der Waals surface area contributed by atoms with Gasteiger partial charge in [0.15, 0.2) is 5.57 Å². The largest absolute Gasteiger partial charge is 0.467 e. The third-order valence-corrected chi connectivity index (χ3v) is 22.6. The molecule has 0 bridgehead atoms. The van der Waals surface area contributed by atoms with Gasteiger partial charge in [-0.15, -0.1) is 0 Å². The molecule has 0 spiro atoms. The van der Waals surface area contributed by atoms with Gasteiger partial charge in [0.25, 0.3) is 5.70 Å². The van der Waals surface area contributed by atoms with Gasteiger partial charge in [0.1, 0.15) is 44.0 Å². The van der Waals surface area contributed by atoms with Gasteiger partial charge in [-0.3, -0.25) is 14.4 Å². The predicted octanol–water partition coefficient (Wildman–Crippen LogP) is 15.5. The Hall–Kier alpha value is -5.40. The second-order valence-corrected chi connectivity index (χ2v) is 27.0. The van der Waals surface area contributed by atoms with Crippen LogP contribution in [0.1, 0.15) is 155 Å². The Balaban J connectivity index is 1.07. The van der Waals surface area contributed by atoms with Crippen molar-refractivity contribution < 1.29 is 57.2 Å². The number of benzene rings is 2. The maximum atomic E-state index is 14.2. The van der Waals surface area contributed by atoms with Crippen LogP contribution in [0.2, 0.25) is 0 Å². The first-order valence-electron chi connectivity index (χ1n) is 29.5. The number of carbonyl (C=O) groups is 6. The number of carbonyl (C=O) groups excluding carboxylic acids is 6. The van der Waals surface area contributed by atoms with E-state index in [1.54, 1.807) is 12.1 Å². The first-order chi connectivity index (χ1) is 39.9. The van der Waals surface area contributed by atoms with E-state index in [1.807, 2.05) is 18.2 Å². The summed E-state index contributed by atoms with van der Waals surface area (Å²) in [7, 11) is 0. The van der Waals surface area contributed by atoms with Crippen molar-refractivity contribution in [3.8, 4) is 28.7 Å². The molecular weight excluding hydrogens is 1120 g/mol. The van der Waals surface area contributed by atoms with Crippen LogP contribution in [0.3, 0.4) is 0 Å². The highest BCUT2D eigenvalue weighted by Crippen LogP contribution is 2.63. The van der Waals surface area contributed by atoms with Crippen LogP contribution in [0.4, 0.5) is 0 Å². The minimum absolute atomic E-state index is 0.246. The molecular formula is C64H76N2O12S4. The highest BCUT2D eigenvalue weighted by atomic mass is 32.2. The number of esters is 6. The molecule has 2 aromatic rings. The summed E-state index contributed by atoms with van der Waals surface area (Å²) in [6.45, 7) is 18.3. The molecule has 0 unspecified atom stereocenters. The van der Waals surface area contributed by atoms with Gasteiger partial charge in [-0.05, 0) is 148 Å². The first kappa shape index (κ1) is 62.6. The Bertz CT molecular complexity index is 2660. The third kappa shape index (κ3) is 16.1. The molecule has 0 atom stereocenters. The highest BCUT2D eigenvalue weighted by molar-refractivity contribution is 8.25. The van der Waals surface area contributed by atoms with Crippen LogP contribution in [0.5, 0.6) is 11.5 Å². The fourth-order valence-corrected chi connectivity index (χ4v) is 18.0. The van der Waals surface area contributed by atoms with Crippen LogP contribution in [-0.4, -0.2) is 62.2 Å². The summed E-state index contributed by atoms with van der Waals surface area (Å²) < 4.78 is 33.9. The third-order valence-electron chi connectivity index (χ3n) is 17.4. The average molecular weight is 1190 g/mol. The van der Waals surface area contributed by atoms with E-state index in [4.69, 9.17) is 35.0 Å². The number of rotatable bonds is 23. The molecule has 4 aliphatic carbocycles. The summed E-state index contributed by atoms with van der Waals surface area (Å²) in [5, 5.41) is 10.5. The Labute approximate surface area is 500 Å². The van der Waals surface area contributed by atoms with E-state index in [2.05, 4.69) is 31.9 Å². The molecule has 0 saturated heterocycles. The zero-order valence-corrected chi connectivity index (χ0v) is 50.6. The van der Waals surface area contributed by atoms with Gasteiger partial charge in [0, 0.05) is 21.9 Å². The lowest BCUT2D eigenvalue weighted by Gasteiger charge is -2.37. The molecule has 82 heavy (non-hydrogen) atoms. The van der Waals surface area contributed by atoms with Crippen molar-refractivity contribution >= 4 is 82.9 Å². The molecule has 4 fully saturated rings. The smallest absolute Gasteiger partial charge is 0.350 e. The van der Waals surface area contributed by atoms with Crippen LogP contribution in [-0.2, 0) is 47.7 Å². The second kappa shape index (κ2) is 30.9. The molecule has 2 heterocycles. The van der Waals surface area contributed by atoms with E-state index < -0.39 is 23.9 Å². The van der Waals surface area contributed by atoms with Crippen molar-refractivity contribution in [1.29, 1.82) is 5.26 Å². The summed E-state index contributed by atoms with van der Waals surface area (Å²) in [5.41, 5.74) is 0.622. The average Bonchev–Trinajstić information content (AvgIpc) is 4.34. The lowest BCUT2D eigenvalue weighted by atomic mass is 9.68. The van der Waals surface area contributed by atoms with E-state index in [-0.39, 0.29) is 81.4 Å². The molecule has 2 aliphatic heterocycles. The maximum Gasteiger partial charge on any atom is 0.350 e. The highest BCUT2D eigenvalue weighted by Gasteiger charge is 2.39. The van der Waals surface area contributed by atoms with Crippen molar-refractivity contribution in [3.63, 3.8) is 0 Å².